The van der Waals surface area contributed by atoms with Crippen molar-refractivity contribution in [3.05, 3.63) is 42.1 Å². The number of rotatable bonds is 5. The number of piperidine rings is 1. The minimum Gasteiger partial charge on any atom is -0.396 e. The van der Waals surface area contributed by atoms with E-state index in [1.54, 1.807) is 0 Å². The van der Waals surface area contributed by atoms with Gasteiger partial charge in [0, 0.05) is 37.7 Å². The van der Waals surface area contributed by atoms with Gasteiger partial charge in [-0.25, -0.2) is 0 Å². The highest BCUT2D eigenvalue weighted by atomic mass is 16.5. The van der Waals surface area contributed by atoms with Gasteiger partial charge in [-0.2, -0.15) is 0 Å². The van der Waals surface area contributed by atoms with E-state index in [-0.39, 0.29) is 18.4 Å². The maximum absolute atomic E-state index is 13.1. The first-order valence-corrected chi connectivity index (χ1v) is 9.89. The molecule has 0 radical (unpaired) electrons. The van der Waals surface area contributed by atoms with Crippen molar-refractivity contribution >= 4 is 5.91 Å². The molecule has 1 aromatic carbocycles. The second kappa shape index (κ2) is 8.23. The van der Waals surface area contributed by atoms with Crippen molar-refractivity contribution in [3.63, 3.8) is 0 Å². The Kier molecular flexibility index (Phi) is 5.55. The molecule has 0 bridgehead atoms. The number of amides is 1. The zero-order valence-corrected chi connectivity index (χ0v) is 15.6. The summed E-state index contributed by atoms with van der Waals surface area (Å²) in [6.45, 7) is 4.62. The van der Waals surface area contributed by atoms with Crippen molar-refractivity contribution in [1.29, 1.82) is 0 Å². The molecular formula is C21H27N3O3. The topological polar surface area (TPSA) is 69.8 Å². The number of likely N-dealkylation sites (tertiary alicyclic amines) is 2. The third-order valence-electron chi connectivity index (χ3n) is 5.88. The van der Waals surface area contributed by atoms with Crippen LogP contribution in [0.25, 0.3) is 11.3 Å². The number of aliphatic hydroxyl groups excluding tert-OH is 1. The number of carbonyl (C=O) groups is 1. The van der Waals surface area contributed by atoms with E-state index in [4.69, 9.17) is 4.52 Å². The highest BCUT2D eigenvalue weighted by Crippen LogP contribution is 2.30. The molecule has 0 saturated carbocycles. The molecule has 144 valence electrons. The number of benzene rings is 1. The Morgan fingerprint density at radius 2 is 1.85 bits per heavy atom. The number of aromatic nitrogens is 1. The molecule has 6 heteroatoms. The first-order valence-electron chi connectivity index (χ1n) is 9.89. The molecule has 1 N–H and O–H groups in total. The van der Waals surface area contributed by atoms with Crippen LogP contribution in [0.5, 0.6) is 0 Å². The molecule has 6 nitrogen and oxygen atoms in total. The highest BCUT2D eigenvalue weighted by molar-refractivity contribution is 5.99. The summed E-state index contributed by atoms with van der Waals surface area (Å²) in [7, 11) is 0. The summed E-state index contributed by atoms with van der Waals surface area (Å²) in [6.07, 6.45) is 5.32. The number of nitrogens with zero attached hydrogens (tertiary/aromatic N) is 3. The van der Waals surface area contributed by atoms with E-state index in [1.165, 1.54) is 25.5 Å². The van der Waals surface area contributed by atoms with Crippen LogP contribution in [0.4, 0.5) is 0 Å². The Hall–Kier alpha value is -2.18. The van der Waals surface area contributed by atoms with E-state index >= 15 is 0 Å². The van der Waals surface area contributed by atoms with Crippen molar-refractivity contribution in [3.8, 4) is 11.3 Å². The van der Waals surface area contributed by atoms with E-state index in [0.29, 0.717) is 30.3 Å². The van der Waals surface area contributed by atoms with Crippen molar-refractivity contribution < 1.29 is 14.4 Å². The summed E-state index contributed by atoms with van der Waals surface area (Å²) in [6, 6.07) is 9.59. The molecular weight excluding hydrogens is 342 g/mol. The minimum atomic E-state index is -0.0605. The summed E-state index contributed by atoms with van der Waals surface area (Å²) in [4.78, 5) is 17.5. The van der Waals surface area contributed by atoms with Crippen molar-refractivity contribution in [2.24, 2.45) is 11.8 Å². The standard InChI is InChI=1S/C21H27N3O3/c25-15-18-14-24(13-17(18)12-23-9-5-2-6-10-23)21(26)19-11-22-27-20(19)16-7-3-1-4-8-16/h1,3-4,7-8,11,17-18,25H,2,5-6,9-10,12-15H2/t17-,18-/m1/s1. The molecule has 0 spiro atoms. The van der Waals surface area contributed by atoms with Crippen LogP contribution < -0.4 is 0 Å². The first-order chi connectivity index (χ1) is 13.3. The molecule has 3 heterocycles. The third kappa shape index (κ3) is 3.92. The highest BCUT2D eigenvalue weighted by Gasteiger charge is 2.37. The van der Waals surface area contributed by atoms with E-state index in [2.05, 4.69) is 10.1 Å². The second-order valence-corrected chi connectivity index (χ2v) is 7.71. The lowest BCUT2D eigenvalue weighted by Crippen LogP contribution is -2.37. The molecule has 1 aromatic heterocycles. The molecule has 2 fully saturated rings. The zero-order chi connectivity index (χ0) is 18.6. The van der Waals surface area contributed by atoms with Gasteiger partial charge in [-0.05, 0) is 31.8 Å². The van der Waals surface area contributed by atoms with E-state index < -0.39 is 0 Å². The fourth-order valence-electron chi connectivity index (χ4n) is 4.35. The van der Waals surface area contributed by atoms with Crippen LogP contribution in [0.15, 0.2) is 41.1 Å². The molecule has 2 atom stereocenters. The number of hydrogen-bond acceptors (Lipinski definition) is 5. The largest absolute Gasteiger partial charge is 0.396 e. The summed E-state index contributed by atoms with van der Waals surface area (Å²) < 4.78 is 5.38. The number of aliphatic hydroxyl groups is 1. The van der Waals surface area contributed by atoms with E-state index in [0.717, 1.165) is 25.2 Å². The average molecular weight is 369 g/mol. The fraction of sp³-hybridized carbons (Fsp3) is 0.524. The summed E-state index contributed by atoms with van der Waals surface area (Å²) in [5.74, 6) is 0.906. The lowest BCUT2D eigenvalue weighted by molar-refractivity contribution is 0.0779. The van der Waals surface area contributed by atoms with Gasteiger partial charge in [0.15, 0.2) is 5.76 Å². The Morgan fingerprint density at radius 1 is 1.11 bits per heavy atom. The molecule has 27 heavy (non-hydrogen) atoms. The molecule has 2 aliphatic rings. The van der Waals surface area contributed by atoms with E-state index in [1.807, 2.05) is 35.2 Å². The second-order valence-electron chi connectivity index (χ2n) is 7.71. The van der Waals surface area contributed by atoms with E-state index in [9.17, 15) is 9.90 Å². The molecule has 2 saturated heterocycles. The smallest absolute Gasteiger partial charge is 0.259 e. The van der Waals surface area contributed by atoms with Gasteiger partial charge in [0.1, 0.15) is 5.56 Å². The SMILES string of the molecule is O=C(c1cnoc1-c1ccccc1)N1C[C@@H](CN2CCCCC2)[C@@H](CO)C1. The molecule has 2 aromatic rings. The molecule has 4 rings (SSSR count). The lowest BCUT2D eigenvalue weighted by atomic mass is 9.95. The number of carbonyl (C=O) groups excluding carboxylic acids is 1. The van der Waals surface area contributed by atoms with Gasteiger partial charge in [-0.3, -0.25) is 4.79 Å². The predicted octanol–water partition coefficient (Wildman–Crippen LogP) is 2.51. The maximum Gasteiger partial charge on any atom is 0.259 e. The molecule has 0 unspecified atom stereocenters. The lowest BCUT2D eigenvalue weighted by Gasteiger charge is -2.30. The van der Waals surface area contributed by atoms with Gasteiger partial charge in [0.25, 0.3) is 5.91 Å². The number of hydrogen-bond donors (Lipinski definition) is 1. The quantitative estimate of drug-likeness (QED) is 0.877. The molecule has 1 amide bonds. The normalized spacial score (nSPS) is 23.7. The Morgan fingerprint density at radius 3 is 2.59 bits per heavy atom. The minimum absolute atomic E-state index is 0.0605. The van der Waals surface area contributed by atoms with Crippen molar-refractivity contribution in [2.75, 3.05) is 39.3 Å². The van der Waals surface area contributed by atoms with Gasteiger partial charge in [0.05, 0.1) is 6.20 Å². The van der Waals surface area contributed by atoms with Crippen molar-refractivity contribution in [1.82, 2.24) is 15.0 Å². The van der Waals surface area contributed by atoms with Gasteiger partial charge < -0.3 is 19.4 Å². The van der Waals surface area contributed by atoms with Crippen LogP contribution in [-0.4, -0.2) is 65.3 Å². The van der Waals surface area contributed by atoms with Gasteiger partial charge in [0.2, 0.25) is 0 Å². The van der Waals surface area contributed by atoms with Gasteiger partial charge >= 0.3 is 0 Å². The Labute approximate surface area is 159 Å². The summed E-state index contributed by atoms with van der Waals surface area (Å²) >= 11 is 0. The van der Waals surface area contributed by atoms with Crippen LogP contribution in [0.2, 0.25) is 0 Å². The summed E-state index contributed by atoms with van der Waals surface area (Å²) in [5, 5.41) is 13.7. The predicted molar refractivity (Wildman–Crippen MR) is 102 cm³/mol. The summed E-state index contributed by atoms with van der Waals surface area (Å²) in [5.41, 5.74) is 1.35. The van der Waals surface area contributed by atoms with Crippen LogP contribution in [0, 0.1) is 11.8 Å². The van der Waals surface area contributed by atoms with Crippen LogP contribution in [-0.2, 0) is 0 Å². The van der Waals surface area contributed by atoms with Gasteiger partial charge in [-0.1, -0.05) is 41.9 Å². The zero-order valence-electron chi connectivity index (χ0n) is 15.6. The third-order valence-corrected chi connectivity index (χ3v) is 5.88. The average Bonchev–Trinajstić information content (AvgIpc) is 3.36. The van der Waals surface area contributed by atoms with Crippen LogP contribution in [0.1, 0.15) is 29.6 Å². The first kappa shape index (κ1) is 18.2. The Bertz CT molecular complexity index is 755. The van der Waals surface area contributed by atoms with Gasteiger partial charge in [-0.15, -0.1) is 0 Å². The van der Waals surface area contributed by atoms with Crippen LogP contribution in [0.3, 0.4) is 0 Å². The van der Waals surface area contributed by atoms with Crippen LogP contribution >= 0.6 is 0 Å². The monoisotopic (exact) mass is 369 g/mol. The molecule has 2 aliphatic heterocycles. The molecule has 0 aliphatic carbocycles. The maximum atomic E-state index is 13.1. The Balaban J connectivity index is 1.47. The van der Waals surface area contributed by atoms with Crippen molar-refractivity contribution in [2.45, 2.75) is 19.3 Å². The fourth-order valence-corrected chi connectivity index (χ4v) is 4.35.